The van der Waals surface area contributed by atoms with Crippen molar-refractivity contribution in [3.8, 4) is 0 Å². The number of amides is 1. The zero-order valence-electron chi connectivity index (χ0n) is 13.7. The fourth-order valence-electron chi connectivity index (χ4n) is 2.24. The Kier molecular flexibility index (Phi) is 4.99. The molecule has 0 radical (unpaired) electrons. The van der Waals surface area contributed by atoms with Crippen LogP contribution < -0.4 is 10.6 Å². The van der Waals surface area contributed by atoms with E-state index in [2.05, 4.69) is 20.8 Å². The summed E-state index contributed by atoms with van der Waals surface area (Å²) in [7, 11) is 0. The minimum atomic E-state index is -0.313. The lowest BCUT2D eigenvalue weighted by Crippen LogP contribution is -2.15. The monoisotopic (exact) mass is 336 g/mol. The molecule has 3 aromatic rings. The molecule has 0 fully saturated rings. The molecule has 0 unspecified atom stereocenters. The molecule has 0 bridgehead atoms. The normalized spacial score (nSPS) is 10.3. The summed E-state index contributed by atoms with van der Waals surface area (Å²) in [6, 6.07) is 17.0. The first-order valence-electron chi connectivity index (χ1n) is 7.81. The second kappa shape index (κ2) is 7.53. The van der Waals surface area contributed by atoms with Gasteiger partial charge < -0.3 is 10.6 Å². The number of rotatable bonds is 5. The van der Waals surface area contributed by atoms with Crippen LogP contribution in [-0.2, 0) is 6.54 Å². The number of anilines is 2. The van der Waals surface area contributed by atoms with Crippen molar-refractivity contribution in [2.45, 2.75) is 13.5 Å². The largest absolute Gasteiger partial charge is 0.365 e. The third-order valence-electron chi connectivity index (χ3n) is 3.68. The van der Waals surface area contributed by atoms with Crippen molar-refractivity contribution in [3.63, 3.8) is 0 Å². The van der Waals surface area contributed by atoms with E-state index in [4.69, 9.17) is 0 Å². The highest BCUT2D eigenvalue weighted by Gasteiger charge is 2.09. The molecular formula is C19H17FN4O. The Balaban J connectivity index is 1.60. The average molecular weight is 336 g/mol. The molecule has 0 saturated carbocycles. The summed E-state index contributed by atoms with van der Waals surface area (Å²) in [6.45, 7) is 2.41. The lowest BCUT2D eigenvalue weighted by Gasteiger charge is -2.08. The quantitative estimate of drug-likeness (QED) is 0.744. The number of hydrogen-bond donors (Lipinski definition) is 2. The Morgan fingerprint density at radius 3 is 2.44 bits per heavy atom. The maximum Gasteiger partial charge on any atom is 0.276 e. The van der Waals surface area contributed by atoms with Crippen molar-refractivity contribution in [3.05, 3.63) is 83.3 Å². The van der Waals surface area contributed by atoms with Crippen LogP contribution >= 0.6 is 0 Å². The van der Waals surface area contributed by atoms with E-state index in [1.54, 1.807) is 24.3 Å². The number of aryl methyl sites for hydroxylation is 1. The van der Waals surface area contributed by atoms with Gasteiger partial charge in [0.1, 0.15) is 11.6 Å². The van der Waals surface area contributed by atoms with Crippen LogP contribution in [0.15, 0.2) is 60.7 Å². The fraction of sp³-hybridized carbons (Fsp3) is 0.105. The number of nitrogens with one attached hydrogen (secondary N) is 2. The van der Waals surface area contributed by atoms with Gasteiger partial charge in [-0.3, -0.25) is 4.79 Å². The summed E-state index contributed by atoms with van der Waals surface area (Å²) < 4.78 is 12.9. The Morgan fingerprint density at radius 2 is 1.76 bits per heavy atom. The molecule has 3 rings (SSSR count). The van der Waals surface area contributed by atoms with E-state index in [9.17, 15) is 9.18 Å². The summed E-state index contributed by atoms with van der Waals surface area (Å²) in [5.74, 6) is -0.0452. The molecule has 126 valence electrons. The van der Waals surface area contributed by atoms with Gasteiger partial charge in [-0.15, -0.1) is 10.2 Å². The smallest absolute Gasteiger partial charge is 0.276 e. The van der Waals surface area contributed by atoms with E-state index in [0.29, 0.717) is 12.4 Å². The minimum absolute atomic E-state index is 0.232. The lowest BCUT2D eigenvalue weighted by molar-refractivity contribution is 0.102. The van der Waals surface area contributed by atoms with E-state index in [1.165, 1.54) is 12.1 Å². The van der Waals surface area contributed by atoms with Crippen LogP contribution in [0.25, 0.3) is 0 Å². The molecule has 1 aromatic heterocycles. The van der Waals surface area contributed by atoms with Gasteiger partial charge in [-0.05, 0) is 48.4 Å². The predicted molar refractivity (Wildman–Crippen MR) is 94.9 cm³/mol. The van der Waals surface area contributed by atoms with Crippen LogP contribution in [0, 0.1) is 12.7 Å². The van der Waals surface area contributed by atoms with Crippen molar-refractivity contribution in [1.29, 1.82) is 0 Å². The number of hydrogen-bond acceptors (Lipinski definition) is 4. The van der Waals surface area contributed by atoms with Gasteiger partial charge in [0.15, 0.2) is 5.69 Å². The van der Waals surface area contributed by atoms with Gasteiger partial charge in [0, 0.05) is 12.2 Å². The zero-order chi connectivity index (χ0) is 17.6. The third-order valence-corrected chi connectivity index (χ3v) is 3.68. The van der Waals surface area contributed by atoms with Gasteiger partial charge in [0.2, 0.25) is 0 Å². The van der Waals surface area contributed by atoms with E-state index in [0.717, 1.165) is 16.8 Å². The van der Waals surface area contributed by atoms with Gasteiger partial charge >= 0.3 is 0 Å². The van der Waals surface area contributed by atoms with Gasteiger partial charge in [0.05, 0.1) is 0 Å². The van der Waals surface area contributed by atoms with Crippen molar-refractivity contribution < 1.29 is 9.18 Å². The lowest BCUT2D eigenvalue weighted by atomic mass is 10.2. The Hall–Kier alpha value is -3.28. The number of nitrogens with zero attached hydrogens (tertiary/aromatic N) is 2. The molecule has 6 heteroatoms. The Labute approximate surface area is 144 Å². The zero-order valence-corrected chi connectivity index (χ0v) is 13.7. The fourth-order valence-corrected chi connectivity index (χ4v) is 2.24. The molecule has 0 aliphatic carbocycles. The highest BCUT2D eigenvalue weighted by Crippen LogP contribution is 2.14. The van der Waals surface area contributed by atoms with Crippen molar-refractivity contribution in [1.82, 2.24) is 10.2 Å². The molecular weight excluding hydrogens is 319 g/mol. The third kappa shape index (κ3) is 4.38. The van der Waals surface area contributed by atoms with Crippen molar-refractivity contribution in [2.75, 3.05) is 10.6 Å². The first-order valence-corrected chi connectivity index (χ1v) is 7.81. The molecule has 2 aromatic carbocycles. The molecule has 2 N–H and O–H groups in total. The van der Waals surface area contributed by atoms with E-state index >= 15 is 0 Å². The summed E-state index contributed by atoms with van der Waals surface area (Å²) in [6.07, 6.45) is 0. The summed E-state index contributed by atoms with van der Waals surface area (Å²) in [4.78, 5) is 12.2. The SMILES string of the molecule is Cc1ccccc1NC(=O)c1ccc(NCc2ccc(F)cc2)nn1. The molecule has 0 aliphatic rings. The standard InChI is InChI=1S/C19H17FN4O/c1-13-4-2-3-5-16(13)22-19(25)17-10-11-18(24-23-17)21-12-14-6-8-15(20)9-7-14/h2-11H,12H2,1H3,(H,21,24)(H,22,25). The van der Waals surface area contributed by atoms with Gasteiger partial charge in [0.25, 0.3) is 5.91 Å². The van der Waals surface area contributed by atoms with Crippen molar-refractivity contribution >= 4 is 17.4 Å². The van der Waals surface area contributed by atoms with Crippen LogP contribution in [0.3, 0.4) is 0 Å². The second-order valence-corrected chi connectivity index (χ2v) is 5.55. The van der Waals surface area contributed by atoms with Crippen LogP contribution in [0.2, 0.25) is 0 Å². The topological polar surface area (TPSA) is 66.9 Å². The first kappa shape index (κ1) is 16.6. The van der Waals surface area contributed by atoms with E-state index < -0.39 is 0 Å². The van der Waals surface area contributed by atoms with Gasteiger partial charge in [-0.1, -0.05) is 30.3 Å². The molecule has 0 spiro atoms. The summed E-state index contributed by atoms with van der Waals surface area (Å²) >= 11 is 0. The number of para-hydroxylation sites is 1. The van der Waals surface area contributed by atoms with Crippen molar-refractivity contribution in [2.24, 2.45) is 0 Å². The summed E-state index contributed by atoms with van der Waals surface area (Å²) in [5.41, 5.74) is 2.87. The van der Waals surface area contributed by atoms with Gasteiger partial charge in [-0.2, -0.15) is 0 Å². The maximum absolute atomic E-state index is 12.9. The molecule has 0 atom stereocenters. The first-order chi connectivity index (χ1) is 12.1. The summed E-state index contributed by atoms with van der Waals surface area (Å²) in [5, 5.41) is 13.8. The highest BCUT2D eigenvalue weighted by molar-refractivity contribution is 6.03. The van der Waals surface area contributed by atoms with Crippen LogP contribution in [0.1, 0.15) is 21.6 Å². The predicted octanol–water partition coefficient (Wildman–Crippen LogP) is 3.79. The van der Waals surface area contributed by atoms with Crippen LogP contribution in [-0.4, -0.2) is 16.1 Å². The van der Waals surface area contributed by atoms with Crippen LogP contribution in [0.5, 0.6) is 0 Å². The van der Waals surface area contributed by atoms with E-state index in [-0.39, 0.29) is 17.4 Å². The number of aromatic nitrogens is 2. The van der Waals surface area contributed by atoms with Gasteiger partial charge in [-0.25, -0.2) is 4.39 Å². The van der Waals surface area contributed by atoms with E-state index in [1.807, 2.05) is 31.2 Å². The molecule has 0 aliphatic heterocycles. The number of carbonyl (C=O) groups excluding carboxylic acids is 1. The molecule has 0 saturated heterocycles. The average Bonchev–Trinajstić information content (AvgIpc) is 2.63. The van der Waals surface area contributed by atoms with Crippen LogP contribution in [0.4, 0.5) is 15.9 Å². The highest BCUT2D eigenvalue weighted by atomic mass is 19.1. The molecule has 1 amide bonds. The Bertz CT molecular complexity index is 863. The number of benzene rings is 2. The minimum Gasteiger partial charge on any atom is -0.365 e. The number of halogens is 1. The molecule has 1 heterocycles. The maximum atomic E-state index is 12.9. The molecule has 25 heavy (non-hydrogen) atoms. The Morgan fingerprint density at radius 1 is 1.00 bits per heavy atom. The second-order valence-electron chi connectivity index (χ2n) is 5.55. The molecule has 5 nitrogen and oxygen atoms in total. The number of carbonyl (C=O) groups is 1.